The fourth-order valence-electron chi connectivity index (χ4n) is 2.46. The van der Waals surface area contributed by atoms with Crippen molar-refractivity contribution in [3.05, 3.63) is 71.8 Å². The van der Waals surface area contributed by atoms with Gasteiger partial charge in [0.25, 0.3) is 5.91 Å². The van der Waals surface area contributed by atoms with E-state index in [4.69, 9.17) is 20.9 Å². The monoisotopic (exact) mass is 435 g/mol. The van der Waals surface area contributed by atoms with E-state index in [1.54, 1.807) is 48.5 Å². The van der Waals surface area contributed by atoms with E-state index in [2.05, 4.69) is 5.32 Å². The molecule has 0 aromatic heterocycles. The molecule has 0 saturated carbocycles. The van der Waals surface area contributed by atoms with Crippen LogP contribution in [0.15, 0.2) is 60.7 Å². The molecule has 30 heavy (non-hydrogen) atoms. The molecule has 2 aromatic carbocycles. The van der Waals surface area contributed by atoms with Crippen molar-refractivity contribution in [2.24, 2.45) is 11.5 Å². The van der Waals surface area contributed by atoms with E-state index in [-0.39, 0.29) is 38.7 Å². The highest BCUT2D eigenvalue weighted by Crippen LogP contribution is 2.14. The fourth-order valence-corrected chi connectivity index (χ4v) is 2.46. The largest absolute Gasteiger partial charge is 0.461 e. The first-order valence-electron chi connectivity index (χ1n) is 9.13. The van der Waals surface area contributed by atoms with Gasteiger partial charge in [-0.15, -0.1) is 12.4 Å². The Bertz CT molecular complexity index is 820. The number of nitrogens with one attached hydrogen (secondary N) is 1. The summed E-state index contributed by atoms with van der Waals surface area (Å²) in [6, 6.07) is 17.9. The van der Waals surface area contributed by atoms with Crippen LogP contribution in [-0.4, -0.2) is 36.5 Å². The minimum absolute atomic E-state index is 0. The van der Waals surface area contributed by atoms with Crippen molar-refractivity contribution in [2.75, 3.05) is 13.1 Å². The lowest BCUT2D eigenvalue weighted by atomic mass is 9.95. The molecule has 2 aromatic rings. The minimum Gasteiger partial charge on any atom is -0.461 e. The molecule has 162 valence electrons. The van der Waals surface area contributed by atoms with Gasteiger partial charge in [0.05, 0.1) is 6.42 Å². The molecule has 0 aliphatic heterocycles. The average Bonchev–Trinajstić information content (AvgIpc) is 2.75. The lowest BCUT2D eigenvalue weighted by Crippen LogP contribution is -2.61. The Labute approximate surface area is 181 Å². The van der Waals surface area contributed by atoms with E-state index in [0.29, 0.717) is 0 Å². The predicted octanol–water partition coefficient (Wildman–Crippen LogP) is 1.06. The average molecular weight is 436 g/mol. The molecule has 2 rings (SSSR count). The maximum Gasteiger partial charge on any atom is 0.336 e. The van der Waals surface area contributed by atoms with Crippen molar-refractivity contribution in [1.29, 1.82) is 0 Å². The number of amides is 1. The highest BCUT2D eigenvalue weighted by Gasteiger charge is 2.46. The maximum absolute atomic E-state index is 12.6. The van der Waals surface area contributed by atoms with Gasteiger partial charge < -0.3 is 26.3 Å². The first-order chi connectivity index (χ1) is 14.0. The summed E-state index contributed by atoms with van der Waals surface area (Å²) in [4.78, 5) is 37.4. The Morgan fingerprint density at radius 2 is 1.37 bits per heavy atom. The molecule has 0 aliphatic rings. The SMILES string of the molecule is Cl.NCCNC(=O)C(N)(CC(=O)OCc1ccccc1)C(=O)OCc1ccccc1. The molecule has 1 atom stereocenters. The summed E-state index contributed by atoms with van der Waals surface area (Å²) in [5, 5.41) is 2.43. The topological polar surface area (TPSA) is 134 Å². The van der Waals surface area contributed by atoms with Gasteiger partial charge in [-0.25, -0.2) is 4.79 Å². The van der Waals surface area contributed by atoms with Gasteiger partial charge in [-0.05, 0) is 11.1 Å². The summed E-state index contributed by atoms with van der Waals surface area (Å²) in [5.74, 6) is -2.67. The van der Waals surface area contributed by atoms with Crippen molar-refractivity contribution in [2.45, 2.75) is 25.2 Å². The van der Waals surface area contributed by atoms with Gasteiger partial charge in [-0.3, -0.25) is 9.59 Å². The van der Waals surface area contributed by atoms with Crippen molar-refractivity contribution < 1.29 is 23.9 Å². The summed E-state index contributed by atoms with van der Waals surface area (Å²) >= 11 is 0. The summed E-state index contributed by atoms with van der Waals surface area (Å²) in [6.07, 6.45) is -0.663. The van der Waals surface area contributed by atoms with Gasteiger partial charge in [0.2, 0.25) is 5.54 Å². The normalized spacial score (nSPS) is 12.1. The third-order valence-corrected chi connectivity index (χ3v) is 4.08. The summed E-state index contributed by atoms with van der Waals surface area (Å²) in [5.41, 5.74) is 10.7. The Morgan fingerprint density at radius 3 is 1.87 bits per heavy atom. The molecule has 1 amide bonds. The van der Waals surface area contributed by atoms with E-state index in [0.717, 1.165) is 11.1 Å². The number of halogens is 1. The Kier molecular flexibility index (Phi) is 10.5. The van der Waals surface area contributed by atoms with Crippen LogP contribution in [0.25, 0.3) is 0 Å². The highest BCUT2D eigenvalue weighted by atomic mass is 35.5. The Morgan fingerprint density at radius 1 is 0.867 bits per heavy atom. The summed E-state index contributed by atoms with van der Waals surface area (Å²) in [7, 11) is 0. The number of esters is 2. The predicted molar refractivity (Wildman–Crippen MR) is 113 cm³/mol. The van der Waals surface area contributed by atoms with Crippen LogP contribution >= 0.6 is 12.4 Å². The smallest absolute Gasteiger partial charge is 0.336 e. The van der Waals surface area contributed by atoms with Crippen LogP contribution in [0, 0.1) is 0 Å². The zero-order valence-corrected chi connectivity index (χ0v) is 17.2. The van der Waals surface area contributed by atoms with Crippen LogP contribution in [-0.2, 0) is 37.1 Å². The first kappa shape index (κ1) is 25.1. The lowest BCUT2D eigenvalue weighted by molar-refractivity contribution is -0.162. The molecule has 5 N–H and O–H groups in total. The summed E-state index contributed by atoms with van der Waals surface area (Å²) < 4.78 is 10.4. The van der Waals surface area contributed by atoms with E-state index < -0.39 is 29.8 Å². The zero-order valence-electron chi connectivity index (χ0n) is 16.4. The molecule has 0 spiro atoms. The van der Waals surface area contributed by atoms with E-state index in [1.165, 1.54) is 0 Å². The van der Waals surface area contributed by atoms with Crippen molar-refractivity contribution >= 4 is 30.3 Å². The molecule has 0 saturated heterocycles. The standard InChI is InChI=1S/C21H25N3O5.ClH/c22-11-12-24-19(26)21(23,20(27)29-15-17-9-5-2-6-10-17)13-18(25)28-14-16-7-3-1-4-8-16;/h1-10H,11-15,22-23H2,(H,24,26);1H. The Hall–Kier alpha value is -2.94. The second-order valence-corrected chi connectivity index (χ2v) is 6.40. The van der Waals surface area contributed by atoms with Gasteiger partial charge >= 0.3 is 11.9 Å². The van der Waals surface area contributed by atoms with Crippen molar-refractivity contribution in [1.82, 2.24) is 5.32 Å². The molecule has 8 nitrogen and oxygen atoms in total. The number of benzene rings is 2. The number of carbonyl (C=O) groups excluding carboxylic acids is 3. The molecule has 0 bridgehead atoms. The van der Waals surface area contributed by atoms with Crippen LogP contribution in [0.1, 0.15) is 17.5 Å². The van der Waals surface area contributed by atoms with E-state index in [1.807, 2.05) is 12.1 Å². The summed E-state index contributed by atoms with van der Waals surface area (Å²) in [6.45, 7) is 0.170. The highest BCUT2D eigenvalue weighted by molar-refractivity contribution is 6.09. The third-order valence-electron chi connectivity index (χ3n) is 4.08. The Balaban J connectivity index is 0.00000450. The molecule has 0 heterocycles. The van der Waals surface area contributed by atoms with Crippen LogP contribution in [0.2, 0.25) is 0 Å². The van der Waals surface area contributed by atoms with Crippen LogP contribution < -0.4 is 16.8 Å². The lowest BCUT2D eigenvalue weighted by Gasteiger charge is -2.25. The van der Waals surface area contributed by atoms with Gasteiger partial charge in [0.15, 0.2) is 0 Å². The van der Waals surface area contributed by atoms with Gasteiger partial charge in [0.1, 0.15) is 13.2 Å². The molecular weight excluding hydrogens is 410 g/mol. The number of rotatable bonds is 10. The van der Waals surface area contributed by atoms with Crippen molar-refractivity contribution in [3.8, 4) is 0 Å². The van der Waals surface area contributed by atoms with Crippen molar-refractivity contribution in [3.63, 3.8) is 0 Å². The third kappa shape index (κ3) is 7.47. The van der Waals surface area contributed by atoms with Gasteiger partial charge in [-0.2, -0.15) is 0 Å². The van der Waals surface area contributed by atoms with Crippen LogP contribution in [0.3, 0.4) is 0 Å². The number of nitrogens with two attached hydrogens (primary N) is 2. The van der Waals surface area contributed by atoms with E-state index >= 15 is 0 Å². The second-order valence-electron chi connectivity index (χ2n) is 6.40. The molecule has 0 radical (unpaired) electrons. The zero-order chi connectivity index (χ0) is 21.1. The van der Waals surface area contributed by atoms with Gasteiger partial charge in [0, 0.05) is 13.1 Å². The number of carbonyl (C=O) groups is 3. The maximum atomic E-state index is 12.6. The fraction of sp³-hybridized carbons (Fsp3) is 0.286. The molecule has 0 aliphatic carbocycles. The van der Waals surface area contributed by atoms with Crippen LogP contribution in [0.4, 0.5) is 0 Å². The second kappa shape index (κ2) is 12.6. The molecule has 0 fully saturated rings. The quantitative estimate of drug-likeness (QED) is 0.375. The molecule has 9 heteroatoms. The minimum atomic E-state index is -2.22. The first-order valence-corrected chi connectivity index (χ1v) is 9.13. The number of ether oxygens (including phenoxy) is 2. The molecular formula is C21H26ClN3O5. The number of hydrogen-bond acceptors (Lipinski definition) is 7. The molecule has 1 unspecified atom stereocenters. The van der Waals surface area contributed by atoms with Crippen LogP contribution in [0.5, 0.6) is 0 Å². The van der Waals surface area contributed by atoms with Gasteiger partial charge in [-0.1, -0.05) is 60.7 Å². The number of hydrogen-bond donors (Lipinski definition) is 3. The van der Waals surface area contributed by atoms with E-state index in [9.17, 15) is 14.4 Å².